The SMILES string of the molecule is CC(C)(C)OC(=O)N[C@@H]1c2ccccc2C[C@@H]1O.CO[C@H]1Cc2ccccc2[C@H]1NC(=O)OC(C)(C)C. The van der Waals surface area contributed by atoms with Gasteiger partial charge in [-0.05, 0) is 63.8 Å². The molecule has 0 radical (unpaired) electrons. The summed E-state index contributed by atoms with van der Waals surface area (Å²) in [6.07, 6.45) is -0.150. The molecule has 0 spiro atoms. The van der Waals surface area contributed by atoms with Crippen molar-refractivity contribution < 1.29 is 28.9 Å². The van der Waals surface area contributed by atoms with Crippen LogP contribution in [0.4, 0.5) is 9.59 Å². The molecule has 0 saturated carbocycles. The molecular formula is C29H40N2O6. The predicted molar refractivity (Wildman–Crippen MR) is 141 cm³/mol. The molecule has 202 valence electrons. The average Bonchev–Trinajstić information content (AvgIpc) is 3.29. The zero-order valence-corrected chi connectivity index (χ0v) is 22.8. The normalized spacial score (nSPS) is 22.2. The van der Waals surface area contributed by atoms with Crippen molar-refractivity contribution in [3.8, 4) is 0 Å². The highest BCUT2D eigenvalue weighted by Crippen LogP contribution is 2.33. The van der Waals surface area contributed by atoms with Crippen molar-refractivity contribution >= 4 is 12.2 Å². The molecule has 2 amide bonds. The van der Waals surface area contributed by atoms with Crippen LogP contribution in [0.25, 0.3) is 0 Å². The highest BCUT2D eigenvalue weighted by atomic mass is 16.6. The van der Waals surface area contributed by atoms with Crippen LogP contribution in [0, 0.1) is 0 Å². The fourth-order valence-corrected chi connectivity index (χ4v) is 4.57. The molecular weight excluding hydrogens is 472 g/mol. The van der Waals surface area contributed by atoms with Crippen LogP contribution in [0.1, 0.15) is 75.9 Å². The van der Waals surface area contributed by atoms with Crippen molar-refractivity contribution in [1.29, 1.82) is 0 Å². The maximum atomic E-state index is 11.9. The highest BCUT2D eigenvalue weighted by Gasteiger charge is 2.35. The molecule has 0 aromatic heterocycles. The molecule has 0 fully saturated rings. The molecule has 0 unspecified atom stereocenters. The van der Waals surface area contributed by atoms with E-state index in [0.29, 0.717) is 6.42 Å². The van der Waals surface area contributed by atoms with Gasteiger partial charge in [-0.15, -0.1) is 0 Å². The second kappa shape index (κ2) is 11.5. The molecule has 2 aromatic rings. The topological polar surface area (TPSA) is 106 Å². The lowest BCUT2D eigenvalue weighted by Gasteiger charge is -2.24. The molecule has 2 aliphatic rings. The van der Waals surface area contributed by atoms with Crippen LogP contribution in [-0.4, -0.2) is 47.8 Å². The minimum Gasteiger partial charge on any atom is -0.444 e. The number of amides is 2. The summed E-state index contributed by atoms with van der Waals surface area (Å²) in [5.74, 6) is 0. The van der Waals surface area contributed by atoms with Gasteiger partial charge in [0.05, 0.1) is 24.3 Å². The number of alkyl carbamates (subject to hydrolysis) is 2. The van der Waals surface area contributed by atoms with E-state index in [0.717, 1.165) is 23.1 Å². The van der Waals surface area contributed by atoms with Gasteiger partial charge in [0.25, 0.3) is 0 Å². The summed E-state index contributed by atoms with van der Waals surface area (Å²) in [7, 11) is 1.67. The fraction of sp³-hybridized carbons (Fsp3) is 0.517. The van der Waals surface area contributed by atoms with Crippen molar-refractivity contribution in [3.05, 3.63) is 70.8 Å². The number of methoxy groups -OCH3 is 1. The summed E-state index contributed by atoms with van der Waals surface area (Å²) in [6, 6.07) is 15.3. The second-order valence-electron chi connectivity index (χ2n) is 11.4. The molecule has 0 saturated heterocycles. The van der Waals surface area contributed by atoms with Crippen LogP contribution in [0.2, 0.25) is 0 Å². The quantitative estimate of drug-likeness (QED) is 0.535. The summed E-state index contributed by atoms with van der Waals surface area (Å²) in [6.45, 7) is 11.0. The Hall–Kier alpha value is -3.10. The van der Waals surface area contributed by atoms with Gasteiger partial charge in [-0.1, -0.05) is 48.5 Å². The van der Waals surface area contributed by atoms with E-state index in [9.17, 15) is 14.7 Å². The first-order chi connectivity index (χ1) is 17.3. The largest absolute Gasteiger partial charge is 0.444 e. The van der Waals surface area contributed by atoms with E-state index in [1.165, 1.54) is 5.56 Å². The van der Waals surface area contributed by atoms with E-state index in [4.69, 9.17) is 14.2 Å². The highest BCUT2D eigenvalue weighted by molar-refractivity contribution is 5.69. The smallest absolute Gasteiger partial charge is 0.408 e. The summed E-state index contributed by atoms with van der Waals surface area (Å²) in [5.41, 5.74) is 3.34. The number of fused-ring (bicyclic) bond motifs is 2. The molecule has 0 aliphatic heterocycles. The summed E-state index contributed by atoms with van der Waals surface area (Å²) >= 11 is 0. The van der Waals surface area contributed by atoms with Crippen molar-refractivity contribution in [3.63, 3.8) is 0 Å². The number of hydrogen-bond donors (Lipinski definition) is 3. The fourth-order valence-electron chi connectivity index (χ4n) is 4.57. The third-order valence-electron chi connectivity index (χ3n) is 6.03. The van der Waals surface area contributed by atoms with Crippen LogP contribution in [-0.2, 0) is 27.1 Å². The van der Waals surface area contributed by atoms with Gasteiger partial charge in [-0.3, -0.25) is 0 Å². The molecule has 37 heavy (non-hydrogen) atoms. The van der Waals surface area contributed by atoms with Gasteiger partial charge in [0, 0.05) is 20.0 Å². The molecule has 4 rings (SSSR count). The van der Waals surface area contributed by atoms with Gasteiger partial charge in [-0.2, -0.15) is 0 Å². The first kappa shape index (κ1) is 28.5. The first-order valence-electron chi connectivity index (χ1n) is 12.6. The summed E-state index contributed by atoms with van der Waals surface area (Å²) in [4.78, 5) is 23.6. The van der Waals surface area contributed by atoms with E-state index in [1.54, 1.807) is 7.11 Å². The minimum atomic E-state index is -0.588. The number of rotatable bonds is 3. The monoisotopic (exact) mass is 512 g/mol. The Morgan fingerprint density at radius 3 is 1.68 bits per heavy atom. The number of aliphatic hydroxyl groups is 1. The number of ether oxygens (including phenoxy) is 3. The summed E-state index contributed by atoms with van der Waals surface area (Å²) in [5, 5.41) is 15.6. The van der Waals surface area contributed by atoms with Gasteiger partial charge in [0.15, 0.2) is 0 Å². The van der Waals surface area contributed by atoms with E-state index in [1.807, 2.05) is 84.0 Å². The Morgan fingerprint density at radius 2 is 1.19 bits per heavy atom. The van der Waals surface area contributed by atoms with Crippen LogP contribution >= 0.6 is 0 Å². The Bertz CT molecular complexity index is 1090. The molecule has 2 aromatic carbocycles. The lowest BCUT2D eigenvalue weighted by atomic mass is 10.1. The van der Waals surface area contributed by atoms with Crippen molar-refractivity contribution in [1.82, 2.24) is 10.6 Å². The zero-order chi connectivity index (χ0) is 27.4. The average molecular weight is 513 g/mol. The Kier molecular flexibility index (Phi) is 8.87. The molecule has 3 N–H and O–H groups in total. The lowest BCUT2D eigenvalue weighted by molar-refractivity contribution is 0.0367. The van der Waals surface area contributed by atoms with E-state index >= 15 is 0 Å². The van der Waals surface area contributed by atoms with Crippen LogP contribution in [0.5, 0.6) is 0 Å². The van der Waals surface area contributed by atoms with Gasteiger partial charge >= 0.3 is 12.2 Å². The van der Waals surface area contributed by atoms with Crippen molar-refractivity contribution in [2.45, 2.75) is 89.9 Å². The molecule has 2 aliphatic carbocycles. The molecule has 8 nitrogen and oxygen atoms in total. The van der Waals surface area contributed by atoms with Gasteiger partial charge < -0.3 is 30.0 Å². The molecule has 8 heteroatoms. The van der Waals surface area contributed by atoms with E-state index in [-0.39, 0.29) is 18.2 Å². The predicted octanol–water partition coefficient (Wildman–Crippen LogP) is 4.99. The number of carbonyl (C=O) groups excluding carboxylic acids is 2. The van der Waals surface area contributed by atoms with Crippen LogP contribution in [0.3, 0.4) is 0 Å². The van der Waals surface area contributed by atoms with Crippen molar-refractivity contribution in [2.24, 2.45) is 0 Å². The van der Waals surface area contributed by atoms with Crippen LogP contribution < -0.4 is 10.6 Å². The zero-order valence-electron chi connectivity index (χ0n) is 22.8. The Balaban J connectivity index is 0.000000206. The summed E-state index contributed by atoms with van der Waals surface area (Å²) < 4.78 is 16.0. The van der Waals surface area contributed by atoms with E-state index in [2.05, 4.69) is 16.7 Å². The molecule has 4 atom stereocenters. The number of carbonyl (C=O) groups is 2. The van der Waals surface area contributed by atoms with Gasteiger partial charge in [0.2, 0.25) is 0 Å². The Morgan fingerprint density at radius 1 is 0.757 bits per heavy atom. The molecule has 0 bridgehead atoms. The van der Waals surface area contributed by atoms with Crippen molar-refractivity contribution in [2.75, 3.05) is 7.11 Å². The molecule has 0 heterocycles. The third-order valence-corrected chi connectivity index (χ3v) is 6.03. The third kappa shape index (κ3) is 7.94. The number of benzene rings is 2. The number of hydrogen-bond acceptors (Lipinski definition) is 6. The Labute approximate surface area is 219 Å². The van der Waals surface area contributed by atoms with Gasteiger partial charge in [-0.25, -0.2) is 9.59 Å². The minimum absolute atomic E-state index is 0.0371. The van der Waals surface area contributed by atoms with E-state index < -0.39 is 29.5 Å². The maximum absolute atomic E-state index is 11.9. The van der Waals surface area contributed by atoms with Gasteiger partial charge in [0.1, 0.15) is 11.2 Å². The van der Waals surface area contributed by atoms with Crippen LogP contribution in [0.15, 0.2) is 48.5 Å². The lowest BCUT2D eigenvalue weighted by Crippen LogP contribution is -2.38. The number of aliphatic hydroxyl groups excluding tert-OH is 1. The number of nitrogens with one attached hydrogen (secondary N) is 2. The maximum Gasteiger partial charge on any atom is 0.408 e. The second-order valence-corrected chi connectivity index (χ2v) is 11.4. The standard InChI is InChI=1S/C15H21NO3.C14H19NO3/c1-15(2,3)19-14(17)16-13-11-8-6-5-7-10(11)9-12(13)18-4;1-14(2,3)18-13(17)15-12-10-7-5-4-6-9(10)8-11(12)16/h5-8,12-13H,9H2,1-4H3,(H,16,17);4-7,11-12,16H,8H2,1-3H3,(H,15,17)/t12-,13+;11-,12+/m00/s1. The first-order valence-corrected chi connectivity index (χ1v) is 12.6.